The Balaban J connectivity index is 0.000000197. The van der Waals surface area contributed by atoms with Crippen LogP contribution in [0, 0.1) is 17.8 Å². The summed E-state index contributed by atoms with van der Waals surface area (Å²) in [7, 11) is 0. The highest BCUT2D eigenvalue weighted by Gasteiger charge is 2.43. The summed E-state index contributed by atoms with van der Waals surface area (Å²) >= 11 is 0. The van der Waals surface area contributed by atoms with Crippen LogP contribution >= 0.6 is 0 Å². The molecule has 9 nitrogen and oxygen atoms in total. The second kappa shape index (κ2) is 19.7. The maximum Gasteiger partial charge on any atom is 0.416 e. The van der Waals surface area contributed by atoms with Crippen LogP contribution in [0.25, 0.3) is 0 Å². The number of carbonyl (C=O) groups excluding carboxylic acids is 4. The lowest BCUT2D eigenvalue weighted by molar-refractivity contribution is -0.138. The second-order valence-corrected chi connectivity index (χ2v) is 15.6. The van der Waals surface area contributed by atoms with Crippen molar-refractivity contribution in [1.29, 1.82) is 0 Å². The van der Waals surface area contributed by atoms with E-state index in [0.29, 0.717) is 57.0 Å². The van der Waals surface area contributed by atoms with Gasteiger partial charge in [0.15, 0.2) is 0 Å². The van der Waals surface area contributed by atoms with Crippen molar-refractivity contribution in [3.8, 4) is 0 Å². The molecule has 2 saturated carbocycles. The number of ether oxygens (including phenoxy) is 2. The van der Waals surface area contributed by atoms with Gasteiger partial charge in [0.05, 0.1) is 24.1 Å². The van der Waals surface area contributed by atoms with E-state index in [0.717, 1.165) is 36.0 Å². The Hall–Kier alpha value is -4.50. The average molecular weight is 737 g/mol. The highest BCUT2D eigenvalue weighted by atomic mass is 16.6. The molecule has 0 aromatic heterocycles. The molecule has 4 atom stereocenters. The monoisotopic (exact) mass is 736 g/mol. The number of hydrogen-bond acceptors (Lipinski definition) is 7. The third kappa shape index (κ3) is 10.8. The number of nitrogens with zero attached hydrogens (tertiary/aromatic N) is 2. The van der Waals surface area contributed by atoms with Crippen molar-refractivity contribution in [3.05, 3.63) is 108 Å². The fourth-order valence-electron chi connectivity index (χ4n) is 8.68. The van der Waals surface area contributed by atoms with Crippen LogP contribution < -0.4 is 0 Å². The first kappa shape index (κ1) is 39.2. The van der Waals surface area contributed by atoms with E-state index in [9.17, 15) is 24.3 Å². The predicted octanol–water partition coefficient (Wildman–Crippen LogP) is 8.31. The molecule has 3 aromatic carbocycles. The van der Waals surface area contributed by atoms with Crippen LogP contribution in [0.2, 0.25) is 0 Å². The molecule has 9 heteroatoms. The van der Waals surface area contributed by atoms with E-state index < -0.39 is 24.2 Å². The Morgan fingerprint density at radius 2 is 1.11 bits per heavy atom. The van der Waals surface area contributed by atoms with Gasteiger partial charge in [0.25, 0.3) is 0 Å². The van der Waals surface area contributed by atoms with Gasteiger partial charge < -0.3 is 14.6 Å². The van der Waals surface area contributed by atoms with E-state index in [4.69, 9.17) is 9.47 Å². The molecule has 4 aliphatic rings. The first-order valence-corrected chi connectivity index (χ1v) is 20.1. The number of aliphatic hydroxyl groups is 1. The van der Waals surface area contributed by atoms with E-state index in [-0.39, 0.29) is 30.5 Å². The zero-order valence-electron chi connectivity index (χ0n) is 31.4. The Labute approximate surface area is 320 Å². The molecule has 0 spiro atoms. The molecule has 288 valence electrons. The summed E-state index contributed by atoms with van der Waals surface area (Å²) in [5, 5.41) is 11.1. The van der Waals surface area contributed by atoms with Crippen LogP contribution in [0.15, 0.2) is 91.0 Å². The van der Waals surface area contributed by atoms with Crippen LogP contribution in [0.3, 0.4) is 0 Å². The smallest absolute Gasteiger partial charge is 0.416 e. The topological polar surface area (TPSA) is 113 Å². The van der Waals surface area contributed by atoms with Gasteiger partial charge in [0.1, 0.15) is 13.2 Å². The molecule has 2 saturated heterocycles. The quantitative estimate of drug-likeness (QED) is 0.177. The highest BCUT2D eigenvalue weighted by Crippen LogP contribution is 2.34. The number of rotatable bonds is 14. The van der Waals surface area contributed by atoms with Crippen molar-refractivity contribution in [3.63, 3.8) is 0 Å². The molecule has 1 N–H and O–H groups in total. The summed E-state index contributed by atoms with van der Waals surface area (Å²) in [6.45, 7) is 0.513. The second-order valence-electron chi connectivity index (χ2n) is 15.6. The fourth-order valence-corrected chi connectivity index (χ4v) is 8.68. The van der Waals surface area contributed by atoms with Crippen LogP contribution in [0.5, 0.6) is 0 Å². The van der Waals surface area contributed by atoms with Crippen molar-refractivity contribution in [1.82, 2.24) is 9.80 Å². The molecule has 2 heterocycles. The lowest BCUT2D eigenvalue weighted by atomic mass is 9.85. The number of benzene rings is 3. The standard InChI is InChI=1S/C27H33NO4.C18H23NO3/c29-25(16-15-20-9-3-1-4-10-20)24(18-22-13-7-8-14-22)26(30)28-23(19-32-27(28)31)17-21-11-5-2-6-12-21;20-17(11-10-14-6-4-5-7-14)19-16(13-22-18(19)21)12-15-8-2-1-3-9-15/h1-6,9-12,22-25,29H,7-8,13-19H2;1-3,8-9,14,16H,4-7,10-13H2/t23-,24-,25+;16-/m11/s1. The van der Waals surface area contributed by atoms with Gasteiger partial charge in [0.2, 0.25) is 11.8 Å². The summed E-state index contributed by atoms with van der Waals surface area (Å²) in [5.74, 6) is 0.165. The minimum Gasteiger partial charge on any atom is -0.447 e. The van der Waals surface area contributed by atoms with Gasteiger partial charge in [-0.2, -0.15) is 0 Å². The Morgan fingerprint density at radius 1 is 0.648 bits per heavy atom. The van der Waals surface area contributed by atoms with E-state index in [1.54, 1.807) is 0 Å². The number of amides is 4. The Morgan fingerprint density at radius 3 is 1.65 bits per heavy atom. The Bertz CT molecular complexity index is 1640. The minimum atomic E-state index is -0.783. The number of aliphatic hydroxyl groups excluding tert-OH is 1. The fraction of sp³-hybridized carbons (Fsp3) is 0.511. The highest BCUT2D eigenvalue weighted by molar-refractivity contribution is 5.95. The summed E-state index contributed by atoms with van der Waals surface area (Å²) in [6.07, 6.45) is 12.1. The molecule has 3 aromatic rings. The van der Waals surface area contributed by atoms with Gasteiger partial charge in [-0.25, -0.2) is 19.4 Å². The van der Waals surface area contributed by atoms with Gasteiger partial charge in [-0.1, -0.05) is 142 Å². The van der Waals surface area contributed by atoms with Crippen LogP contribution in [-0.2, 0) is 38.3 Å². The summed E-state index contributed by atoms with van der Waals surface area (Å²) in [4.78, 5) is 53.2. The number of aryl methyl sites for hydroxylation is 1. The SMILES string of the molecule is O=C(CCC1CCCC1)N1C(=O)OC[C@H]1Cc1ccccc1.O=C1OC[C@@H](Cc2ccccc2)N1C(=O)[C@H](CC1CCCC1)[C@@H](O)CCc1ccccc1. The van der Waals surface area contributed by atoms with Gasteiger partial charge in [-0.05, 0) is 67.1 Å². The molecular weight excluding hydrogens is 681 g/mol. The zero-order valence-corrected chi connectivity index (χ0v) is 31.4. The predicted molar refractivity (Wildman–Crippen MR) is 206 cm³/mol. The van der Waals surface area contributed by atoms with E-state index in [1.165, 1.54) is 48.3 Å². The molecule has 4 amide bonds. The van der Waals surface area contributed by atoms with E-state index in [1.807, 2.05) is 91.0 Å². The minimum absolute atomic E-state index is 0.0738. The van der Waals surface area contributed by atoms with Gasteiger partial charge in [-0.3, -0.25) is 9.59 Å². The number of cyclic esters (lactones) is 2. The van der Waals surface area contributed by atoms with Crippen LogP contribution in [-0.4, -0.2) is 70.3 Å². The first-order valence-electron chi connectivity index (χ1n) is 20.1. The number of carbonyl (C=O) groups is 4. The van der Waals surface area contributed by atoms with Crippen LogP contribution in [0.1, 0.15) is 93.7 Å². The molecule has 0 radical (unpaired) electrons. The van der Waals surface area contributed by atoms with E-state index >= 15 is 0 Å². The van der Waals surface area contributed by atoms with Crippen molar-refractivity contribution < 1.29 is 33.8 Å². The lowest BCUT2D eigenvalue weighted by Crippen LogP contribution is -2.47. The Kier molecular flexibility index (Phi) is 14.3. The maximum absolute atomic E-state index is 13.7. The van der Waals surface area contributed by atoms with Crippen molar-refractivity contribution in [2.75, 3.05) is 13.2 Å². The number of hydrogen-bond donors (Lipinski definition) is 1. The zero-order chi connectivity index (χ0) is 37.7. The molecular formula is C45H56N2O7. The normalized spacial score (nSPS) is 21.4. The molecule has 54 heavy (non-hydrogen) atoms. The summed E-state index contributed by atoms with van der Waals surface area (Å²) in [6, 6.07) is 29.3. The number of imide groups is 2. The van der Waals surface area contributed by atoms with Crippen molar-refractivity contribution in [2.45, 2.75) is 114 Å². The van der Waals surface area contributed by atoms with Gasteiger partial charge in [0, 0.05) is 6.42 Å². The maximum atomic E-state index is 13.7. The van der Waals surface area contributed by atoms with Crippen molar-refractivity contribution >= 4 is 24.0 Å². The van der Waals surface area contributed by atoms with Crippen molar-refractivity contribution in [2.24, 2.45) is 17.8 Å². The van der Waals surface area contributed by atoms with Crippen LogP contribution in [0.4, 0.5) is 9.59 Å². The largest absolute Gasteiger partial charge is 0.447 e. The molecule has 0 unspecified atom stereocenters. The summed E-state index contributed by atoms with van der Waals surface area (Å²) < 4.78 is 10.4. The average Bonchev–Trinajstić information content (AvgIpc) is 4.03. The molecule has 7 rings (SSSR count). The molecule has 0 bridgehead atoms. The third-order valence-electron chi connectivity index (χ3n) is 11.7. The molecule has 2 aliphatic carbocycles. The molecule has 4 fully saturated rings. The summed E-state index contributed by atoms with van der Waals surface area (Å²) in [5.41, 5.74) is 3.33. The third-order valence-corrected chi connectivity index (χ3v) is 11.7. The van der Waals surface area contributed by atoms with E-state index in [2.05, 4.69) is 0 Å². The van der Waals surface area contributed by atoms with Gasteiger partial charge >= 0.3 is 12.2 Å². The molecule has 2 aliphatic heterocycles. The lowest BCUT2D eigenvalue weighted by Gasteiger charge is -2.29. The first-order chi connectivity index (χ1) is 26.4. The van der Waals surface area contributed by atoms with Gasteiger partial charge in [-0.15, -0.1) is 0 Å².